The largest absolute Gasteiger partial charge is 0.308 e. The molecule has 338 valence electrons. The van der Waals surface area contributed by atoms with E-state index in [-0.39, 0.29) is 11.1 Å². The number of benzene rings is 10. The van der Waals surface area contributed by atoms with Crippen molar-refractivity contribution in [1.29, 1.82) is 15.8 Å². The first kappa shape index (κ1) is 42.5. The molecule has 0 radical (unpaired) electrons. The number of nitriles is 3. The van der Waals surface area contributed by atoms with Gasteiger partial charge in [0.25, 0.3) is 11.8 Å². The van der Waals surface area contributed by atoms with Crippen molar-refractivity contribution in [1.82, 2.24) is 9.13 Å². The second-order valence-corrected chi connectivity index (χ2v) is 18.1. The zero-order valence-corrected chi connectivity index (χ0v) is 38.8. The van der Waals surface area contributed by atoms with E-state index >= 15 is 4.79 Å². The average molecular weight is 933 g/mol. The van der Waals surface area contributed by atoms with E-state index in [0.717, 1.165) is 77.0 Å². The van der Waals surface area contributed by atoms with Gasteiger partial charge in [0.05, 0.1) is 73.5 Å². The molecule has 0 N–H and O–H groups in total. The van der Waals surface area contributed by atoms with Crippen LogP contribution in [0.4, 0.5) is 5.69 Å². The van der Waals surface area contributed by atoms with Crippen LogP contribution >= 0.6 is 0 Å². The fourth-order valence-electron chi connectivity index (χ4n) is 10.9. The minimum absolute atomic E-state index is 0.265. The lowest BCUT2D eigenvalue weighted by atomic mass is 9.94. The monoisotopic (exact) mass is 932 g/mol. The molecule has 0 bridgehead atoms. The number of para-hydroxylation sites is 3. The average Bonchev–Trinajstić information content (AvgIpc) is 4.06. The standard InChI is InChI=1S/C65H36N6O2/c66-37-40-13-10-17-43(31-40)45-27-29-52-50-20-5-8-25-57(50)69(59(52)33-45)61-35-47(49-22-12-23-54-63(49)65(73)71(64(54)72)56-24-7-4-19-48(56)42-15-2-1-3-16-42)36-62(55(61)39-68)70-58-26-9-6-21-51(58)53-30-28-46(34-60(53)70)44-18-11-14-41(32-44)38-67/h1-36H. The van der Waals surface area contributed by atoms with Crippen LogP contribution in [0, 0.1) is 34.0 Å². The van der Waals surface area contributed by atoms with E-state index in [0.29, 0.717) is 44.9 Å². The van der Waals surface area contributed by atoms with E-state index in [9.17, 15) is 20.6 Å². The van der Waals surface area contributed by atoms with Gasteiger partial charge in [-0.25, -0.2) is 4.90 Å². The number of imide groups is 1. The third kappa shape index (κ3) is 6.66. The van der Waals surface area contributed by atoms with Crippen molar-refractivity contribution in [2.24, 2.45) is 0 Å². The summed E-state index contributed by atoms with van der Waals surface area (Å²) in [6, 6.07) is 77.5. The highest BCUT2D eigenvalue weighted by Gasteiger charge is 2.40. The van der Waals surface area contributed by atoms with Gasteiger partial charge in [0.1, 0.15) is 11.6 Å². The first-order chi connectivity index (χ1) is 35.9. The number of fused-ring (bicyclic) bond motifs is 7. The zero-order chi connectivity index (χ0) is 49.3. The van der Waals surface area contributed by atoms with Gasteiger partial charge >= 0.3 is 0 Å². The Balaban J connectivity index is 1.12. The topological polar surface area (TPSA) is 119 Å². The maximum Gasteiger partial charge on any atom is 0.266 e. The second kappa shape index (κ2) is 16.8. The molecular formula is C65H36N6O2. The van der Waals surface area contributed by atoms with E-state index < -0.39 is 11.8 Å². The lowest BCUT2D eigenvalue weighted by Gasteiger charge is -2.20. The van der Waals surface area contributed by atoms with E-state index in [2.05, 4.69) is 75.9 Å². The molecule has 2 amide bonds. The molecule has 1 aliphatic rings. The summed E-state index contributed by atoms with van der Waals surface area (Å²) in [5.74, 6) is -0.876. The van der Waals surface area contributed by atoms with Crippen molar-refractivity contribution in [2.75, 3.05) is 4.90 Å². The second-order valence-electron chi connectivity index (χ2n) is 18.1. The highest BCUT2D eigenvalue weighted by Crippen LogP contribution is 2.45. The van der Waals surface area contributed by atoms with Crippen LogP contribution in [0.3, 0.4) is 0 Å². The molecule has 0 atom stereocenters. The number of amides is 2. The zero-order valence-electron chi connectivity index (χ0n) is 38.8. The maximum absolute atomic E-state index is 15.3. The minimum atomic E-state index is -0.450. The molecule has 1 aliphatic heterocycles. The minimum Gasteiger partial charge on any atom is -0.308 e. The molecule has 8 nitrogen and oxygen atoms in total. The number of hydrogen-bond donors (Lipinski definition) is 0. The molecule has 73 heavy (non-hydrogen) atoms. The number of carbonyl (C=O) groups is 2. The predicted octanol–water partition coefficient (Wildman–Crippen LogP) is 15.0. The summed E-state index contributed by atoms with van der Waals surface area (Å²) in [5, 5.41) is 35.4. The van der Waals surface area contributed by atoms with Crippen molar-refractivity contribution >= 4 is 61.1 Å². The van der Waals surface area contributed by atoms with Gasteiger partial charge in [-0.1, -0.05) is 146 Å². The van der Waals surface area contributed by atoms with Gasteiger partial charge in [-0.15, -0.1) is 0 Å². The smallest absolute Gasteiger partial charge is 0.266 e. The fraction of sp³-hybridized carbons (Fsp3) is 0. The number of anilines is 1. The Bertz CT molecular complexity index is 4290. The lowest BCUT2D eigenvalue weighted by molar-refractivity contribution is 0.0926. The van der Waals surface area contributed by atoms with Gasteiger partial charge in [0.2, 0.25) is 0 Å². The molecule has 3 heterocycles. The summed E-state index contributed by atoms with van der Waals surface area (Å²) in [6.07, 6.45) is 0. The molecule has 8 heteroatoms. The molecular weight excluding hydrogens is 897 g/mol. The highest BCUT2D eigenvalue weighted by atomic mass is 16.2. The molecule has 0 aliphatic carbocycles. The summed E-state index contributed by atoms with van der Waals surface area (Å²) in [6.45, 7) is 0. The van der Waals surface area contributed by atoms with Crippen LogP contribution in [-0.2, 0) is 0 Å². The number of hydrogen-bond acceptors (Lipinski definition) is 5. The molecule has 0 saturated carbocycles. The fourth-order valence-corrected chi connectivity index (χ4v) is 10.9. The summed E-state index contributed by atoms with van der Waals surface area (Å²) in [5.41, 5.74) is 13.3. The van der Waals surface area contributed by atoms with Gasteiger partial charge < -0.3 is 9.13 Å². The Kier molecular flexibility index (Phi) is 9.80. The van der Waals surface area contributed by atoms with Gasteiger partial charge in [0.15, 0.2) is 0 Å². The van der Waals surface area contributed by atoms with E-state index in [1.165, 1.54) is 4.90 Å². The number of aromatic nitrogens is 2. The van der Waals surface area contributed by atoms with Crippen molar-refractivity contribution in [2.45, 2.75) is 0 Å². The molecule has 2 aromatic heterocycles. The molecule has 12 aromatic rings. The third-order valence-electron chi connectivity index (χ3n) is 14.1. The van der Waals surface area contributed by atoms with Gasteiger partial charge in [-0.3, -0.25) is 9.59 Å². The Labute approximate surface area is 418 Å². The molecule has 0 spiro atoms. The first-order valence-electron chi connectivity index (χ1n) is 23.8. The van der Waals surface area contributed by atoms with Gasteiger partial charge in [-0.2, -0.15) is 15.8 Å². The van der Waals surface area contributed by atoms with Crippen LogP contribution in [0.1, 0.15) is 37.4 Å². The van der Waals surface area contributed by atoms with Crippen LogP contribution in [0.5, 0.6) is 0 Å². The van der Waals surface area contributed by atoms with Crippen LogP contribution in [0.15, 0.2) is 218 Å². The first-order valence-corrected chi connectivity index (χ1v) is 23.8. The van der Waals surface area contributed by atoms with E-state index in [1.54, 1.807) is 18.2 Å². The van der Waals surface area contributed by atoms with Crippen LogP contribution in [-0.4, -0.2) is 20.9 Å². The number of carbonyl (C=O) groups excluding carboxylic acids is 2. The van der Waals surface area contributed by atoms with E-state index in [4.69, 9.17) is 0 Å². The normalized spacial score (nSPS) is 12.1. The van der Waals surface area contributed by atoms with Gasteiger partial charge in [0, 0.05) is 27.1 Å². The summed E-state index contributed by atoms with van der Waals surface area (Å²) < 4.78 is 4.25. The van der Waals surface area contributed by atoms with Crippen molar-refractivity contribution in [3.05, 3.63) is 246 Å². The Hall–Kier alpha value is -10.6. The van der Waals surface area contributed by atoms with Crippen LogP contribution < -0.4 is 4.90 Å². The molecule has 13 rings (SSSR count). The Morgan fingerprint density at radius 3 is 1.36 bits per heavy atom. The summed E-state index contributed by atoms with van der Waals surface area (Å²) >= 11 is 0. The highest BCUT2D eigenvalue weighted by molar-refractivity contribution is 6.37. The van der Waals surface area contributed by atoms with Crippen LogP contribution in [0.25, 0.3) is 99.5 Å². The number of nitrogens with zero attached hydrogens (tertiary/aromatic N) is 6. The van der Waals surface area contributed by atoms with Gasteiger partial charge in [-0.05, 0) is 112 Å². The lowest BCUT2D eigenvalue weighted by Crippen LogP contribution is -2.30. The summed E-state index contributed by atoms with van der Waals surface area (Å²) in [7, 11) is 0. The van der Waals surface area contributed by atoms with Crippen molar-refractivity contribution in [3.63, 3.8) is 0 Å². The Morgan fingerprint density at radius 1 is 0.315 bits per heavy atom. The molecule has 10 aromatic carbocycles. The predicted molar refractivity (Wildman–Crippen MR) is 289 cm³/mol. The molecule has 0 saturated heterocycles. The third-order valence-corrected chi connectivity index (χ3v) is 14.1. The number of rotatable bonds is 7. The molecule has 0 unspecified atom stereocenters. The summed E-state index contributed by atoms with van der Waals surface area (Å²) in [4.78, 5) is 31.3. The Morgan fingerprint density at radius 2 is 0.781 bits per heavy atom. The maximum atomic E-state index is 15.3. The SMILES string of the molecule is N#Cc1cccc(-c2ccc3c4ccccc4n(-c4cc(-c5cccc6c5C(=O)N(c5ccccc5-c5ccccc5)C6=O)cc(-n5c6ccccc6c6ccc(-c7cccc(C#N)c7)cc65)c4C#N)c3c2)c1. The molecule has 0 fully saturated rings. The van der Waals surface area contributed by atoms with Crippen molar-refractivity contribution in [3.8, 4) is 74.1 Å². The van der Waals surface area contributed by atoms with E-state index in [1.807, 2.05) is 152 Å². The van der Waals surface area contributed by atoms with Crippen LogP contribution in [0.2, 0.25) is 0 Å². The quantitative estimate of drug-likeness (QED) is 0.147. The van der Waals surface area contributed by atoms with Crippen molar-refractivity contribution < 1.29 is 9.59 Å².